The molecule has 13 atom stereocenters. The third kappa shape index (κ3) is 20.2. The molecule has 12 rings (SSSR count). The summed E-state index contributed by atoms with van der Waals surface area (Å²) in [6, 6.07) is -9.45. The molecule has 0 aromatic rings. The smallest absolute Gasteiger partial charge is 0.248 e. The Morgan fingerprint density at radius 1 is 0.594 bits per heavy atom. The average Bonchev–Trinajstić information content (AvgIpc) is 0.918. The van der Waals surface area contributed by atoms with Crippen molar-refractivity contribution < 1.29 is 62.3 Å². The topological polar surface area (TPSA) is 279 Å². The zero-order valence-corrected chi connectivity index (χ0v) is 66.7. The number of hydrogen-bond acceptors (Lipinski definition) is 13. The number of likely N-dealkylation sites (N-methyl/N-ethyl adjacent to an activating group) is 6. The lowest BCUT2D eigenvalue weighted by atomic mass is 9.58. The van der Waals surface area contributed by atoms with E-state index in [0.29, 0.717) is 90.1 Å². The maximum atomic E-state index is 15.9. The Morgan fingerprint density at radius 2 is 1.26 bits per heavy atom. The molecule has 12 aliphatic rings. The largest absolute Gasteiger partial charge is 0.377 e. The number of likely N-dealkylation sites (tertiary alicyclic amines) is 1. The van der Waals surface area contributed by atoms with Gasteiger partial charge in [-0.05, 0) is 177 Å². The highest BCUT2D eigenvalue weighted by Crippen LogP contribution is 2.50. The summed E-state index contributed by atoms with van der Waals surface area (Å²) in [6.45, 7) is 9.65. The Bertz CT molecular complexity index is 3220. The van der Waals surface area contributed by atoms with Gasteiger partial charge in [-0.1, -0.05) is 77.7 Å². The van der Waals surface area contributed by atoms with Gasteiger partial charge < -0.3 is 64.8 Å². The van der Waals surface area contributed by atoms with Crippen LogP contribution in [0.5, 0.6) is 0 Å². The number of allylic oxidation sites excluding steroid dienone is 2. The molecule has 7 fully saturated rings. The number of rotatable bonds is 9. The highest BCUT2D eigenvalue weighted by molar-refractivity contribution is 6.30. The fourth-order valence-electron chi connectivity index (χ4n) is 18.7. The van der Waals surface area contributed by atoms with Gasteiger partial charge in [0, 0.05) is 86.9 Å². The van der Waals surface area contributed by atoms with E-state index in [1.54, 1.807) is 16.8 Å². The van der Waals surface area contributed by atoms with Gasteiger partial charge >= 0.3 is 0 Å². The molecule has 3 N–H and O–H groups in total. The van der Waals surface area contributed by atoms with Crippen molar-refractivity contribution >= 4 is 94.1 Å². The number of amides is 12. The van der Waals surface area contributed by atoms with Gasteiger partial charge in [0.25, 0.3) is 0 Å². The lowest BCUT2D eigenvalue weighted by Gasteiger charge is -2.54. The van der Waals surface area contributed by atoms with Crippen LogP contribution in [-0.4, -0.2) is 274 Å². The lowest BCUT2D eigenvalue weighted by Crippen LogP contribution is -2.71. The second-order valence-corrected chi connectivity index (χ2v) is 34.6. The third-order valence-electron chi connectivity index (χ3n) is 25.2. The van der Waals surface area contributed by atoms with Crippen molar-refractivity contribution in [1.82, 2.24) is 60.0 Å². The fourth-order valence-corrected chi connectivity index (χ4v) is 19.3. The molecule has 3 saturated heterocycles. The minimum absolute atomic E-state index is 0.00990. The summed E-state index contributed by atoms with van der Waals surface area (Å²) < 4.78 is 6.20. The minimum atomic E-state index is -1.57. The second kappa shape index (κ2) is 37.4. The van der Waals surface area contributed by atoms with Crippen molar-refractivity contribution in [3.05, 3.63) is 24.3 Å². The summed E-state index contributed by atoms with van der Waals surface area (Å²) in [4.78, 5) is 198. The predicted octanol–water partition coefficient (Wildman–Crippen LogP) is 6.79. The number of ether oxygens (including phenoxy) is 1. The van der Waals surface area contributed by atoms with Gasteiger partial charge in [-0.2, -0.15) is 0 Å². The third-order valence-corrected chi connectivity index (χ3v) is 26.3. The van der Waals surface area contributed by atoms with Crippen molar-refractivity contribution in [2.24, 2.45) is 35.0 Å². The van der Waals surface area contributed by atoms with Gasteiger partial charge in [0.2, 0.25) is 70.9 Å². The maximum absolute atomic E-state index is 15.9. The van der Waals surface area contributed by atoms with Crippen LogP contribution >= 0.6 is 23.2 Å². The number of alkyl halides is 2. The molecule has 4 saturated carbocycles. The maximum Gasteiger partial charge on any atom is 0.248 e. The predicted molar refractivity (Wildman–Crippen MR) is 404 cm³/mol. The number of nitrogens with one attached hydrogen (secondary N) is 3. The fraction of sp³-hybridized carbons (Fsp3) is 0.797. The summed E-state index contributed by atoms with van der Waals surface area (Å²) in [5.41, 5.74) is -2.03. The number of nitrogens with zero attached hydrogens (tertiary/aromatic N) is 9. The van der Waals surface area contributed by atoms with Crippen LogP contribution in [0.25, 0.3) is 0 Å². The van der Waals surface area contributed by atoms with Gasteiger partial charge in [-0.15, -0.1) is 23.2 Å². The lowest BCUT2D eigenvalue weighted by molar-refractivity contribution is -0.161. The molecule has 8 heterocycles. The van der Waals surface area contributed by atoms with E-state index in [2.05, 4.69) is 28.1 Å². The number of hydrogen-bond donors (Lipinski definition) is 3. The van der Waals surface area contributed by atoms with E-state index in [4.69, 9.17) is 27.9 Å². The molecule has 592 valence electrons. The molecule has 1 spiro atoms. The molecule has 27 heteroatoms. The highest BCUT2D eigenvalue weighted by Gasteiger charge is 2.59. The highest BCUT2D eigenvalue weighted by atomic mass is 35.5. The molecule has 4 aliphatic carbocycles. The summed E-state index contributed by atoms with van der Waals surface area (Å²) in [7, 11) is 9.04. The molecule has 0 radical (unpaired) electrons. The van der Waals surface area contributed by atoms with Gasteiger partial charge in [-0.25, -0.2) is 0 Å². The SMILES string of the molecule is CCO[C@@H]1C[C@H]2C(=O)NC3(CC(C)(C)C3)C(=O)N(C)[C@@H](C3CCCC3)C(=O)N(C)[C@H](C(=O)N3CCCC3)CC(=O)N(C)[C@H]3CCCC/C=C/C4CCC(CC4)C[C@@H](C(=O)N(C)CC(=O)N[C@@H](CCC4CCC(Cl)C(Cl)C4)C(=O)N2C1)N1CC/C=C\C[C@@H](C1=O)N(C)C(=O)CN(C)C(=O)[C@H]([C@@H](C)CC)NC3=O. The molecule has 12 amide bonds. The molecule has 25 nitrogen and oxygen atoms in total. The van der Waals surface area contributed by atoms with Crippen LogP contribution in [-0.2, 0) is 62.3 Å². The molecule has 3 unspecified atom stereocenters. The molecule has 106 heavy (non-hydrogen) atoms. The molecule has 6 bridgehead atoms. The molecule has 0 aromatic carbocycles. The van der Waals surface area contributed by atoms with Crippen LogP contribution in [0, 0.1) is 35.0 Å². The van der Waals surface area contributed by atoms with Gasteiger partial charge in [-0.3, -0.25) is 57.5 Å². The van der Waals surface area contributed by atoms with E-state index in [1.807, 2.05) is 46.8 Å². The van der Waals surface area contributed by atoms with Gasteiger partial charge in [0.15, 0.2) is 0 Å². The first-order valence-electron chi connectivity index (χ1n) is 40.0. The van der Waals surface area contributed by atoms with Crippen LogP contribution in [0.4, 0.5) is 0 Å². The normalized spacial score (nSPS) is 33.7. The number of halogens is 2. The summed E-state index contributed by atoms with van der Waals surface area (Å²) in [6.07, 6.45) is 20.4. The molecular weight excluding hydrogens is 1400 g/mol. The van der Waals surface area contributed by atoms with Crippen LogP contribution < -0.4 is 16.0 Å². The van der Waals surface area contributed by atoms with Crippen LogP contribution in [0.3, 0.4) is 0 Å². The monoisotopic (exact) mass is 1520 g/mol. The Hall–Kier alpha value is -6.34. The summed E-state index contributed by atoms with van der Waals surface area (Å²) in [5, 5.41) is 8.68. The van der Waals surface area contributed by atoms with Crippen molar-refractivity contribution in [2.75, 3.05) is 88.2 Å². The molecular formula is C79H124Cl2N12O13. The van der Waals surface area contributed by atoms with E-state index in [0.717, 1.165) is 44.9 Å². The second-order valence-electron chi connectivity index (χ2n) is 33.5. The zero-order chi connectivity index (χ0) is 77.1. The Kier molecular flexibility index (Phi) is 29.5. The first-order chi connectivity index (χ1) is 50.4. The molecule has 8 aliphatic heterocycles. The Morgan fingerprint density at radius 3 is 1.92 bits per heavy atom. The van der Waals surface area contributed by atoms with Crippen LogP contribution in [0.15, 0.2) is 24.3 Å². The van der Waals surface area contributed by atoms with E-state index in [-0.39, 0.29) is 99.1 Å². The minimum Gasteiger partial charge on any atom is -0.377 e. The first kappa shape index (κ1) is 83.7. The van der Waals surface area contributed by atoms with Crippen LogP contribution in [0.2, 0.25) is 0 Å². The number of carbonyl (C=O) groups excluding carboxylic acids is 12. The van der Waals surface area contributed by atoms with Gasteiger partial charge in [0.1, 0.15) is 53.9 Å². The number of carbonyl (C=O) groups is 12. The Balaban J connectivity index is 1.15. The van der Waals surface area contributed by atoms with E-state index in [9.17, 15) is 14.4 Å². The van der Waals surface area contributed by atoms with Gasteiger partial charge in [0.05, 0.1) is 31.0 Å². The van der Waals surface area contributed by atoms with E-state index in [1.165, 1.54) is 69.5 Å². The van der Waals surface area contributed by atoms with E-state index >= 15 is 43.2 Å². The van der Waals surface area contributed by atoms with Crippen molar-refractivity contribution in [3.8, 4) is 0 Å². The average molecular weight is 1520 g/mol. The molecule has 0 aromatic heterocycles. The van der Waals surface area contributed by atoms with Crippen molar-refractivity contribution in [1.29, 1.82) is 0 Å². The van der Waals surface area contributed by atoms with E-state index < -0.39 is 162 Å². The summed E-state index contributed by atoms with van der Waals surface area (Å²) in [5.74, 6) is -7.32. The zero-order valence-electron chi connectivity index (χ0n) is 65.2. The standard InChI is InChI=1S/C79H124Cl2N12O13/c1-12-50(3)67-75(103)86(7)47-66(96)88(9)60-29-19-16-22-40-92(74(60)102)63-42-53-32-30-51(31-33-53)25-17-14-15-18-28-59(69(97)83-67)87(8)65(95)44-62(73(101)91-38-23-24-39-91)89(10)76(104)68(54-26-20-21-27-54)90(11)77(105)79(48-78(4,5)49-79)84-70(98)61-43-55(106-13-2)45-93(61)71(99)58(82-64(94)46-85(6)72(63)100)37-35-52-34-36-56(80)57(81)41-52/h16-17,19,25,50-63,67-68H,12-15,18,20-24,26-49H2,1-11H3,(H,82,94)(H,83,97)(H,84,98)/b19-16-,25-17+/t50-,51?,52?,53?,55+,56?,57?,58-,59-,60-,61-,62-,63-,67-,68-/m0/s1. The quantitative estimate of drug-likeness (QED) is 0.159. The van der Waals surface area contributed by atoms with Crippen molar-refractivity contribution in [2.45, 2.75) is 279 Å². The first-order valence-corrected chi connectivity index (χ1v) is 40.8. The summed E-state index contributed by atoms with van der Waals surface area (Å²) >= 11 is 13.4. The van der Waals surface area contributed by atoms with Crippen molar-refractivity contribution in [3.63, 3.8) is 0 Å². The van der Waals surface area contributed by atoms with Crippen LogP contribution in [0.1, 0.15) is 208 Å². The Labute approximate surface area is 639 Å².